The van der Waals surface area contributed by atoms with E-state index in [1.165, 1.54) is 24.3 Å². The van der Waals surface area contributed by atoms with E-state index in [4.69, 9.17) is 39.5 Å². The first-order chi connectivity index (χ1) is 42.2. The number of aliphatic carboxylic acids is 2. The second kappa shape index (κ2) is 38.6. The van der Waals surface area contributed by atoms with Crippen molar-refractivity contribution in [3.05, 3.63) is 54.1 Å². The molecule has 2 heterocycles. The summed E-state index contributed by atoms with van der Waals surface area (Å²) < 4.78 is 0. The van der Waals surface area contributed by atoms with E-state index in [2.05, 4.69) is 63.1 Å². The van der Waals surface area contributed by atoms with E-state index in [1.54, 1.807) is 30.3 Å². The minimum atomic E-state index is -1.75. The van der Waals surface area contributed by atoms with E-state index in [-0.39, 0.29) is 76.2 Å². The highest BCUT2D eigenvalue weighted by Gasteiger charge is 2.40. The number of carbonyl (C=O) groups is 12. The number of nitrogens with zero attached hydrogens (tertiary/aromatic N) is 2. The Morgan fingerprint density at radius 1 is 0.629 bits per heavy atom. The number of benzene rings is 1. The number of nitrogens with two attached hydrogens (primary N) is 5. The molecule has 10 atom stereocenters. The number of hydrogen-bond donors (Lipinski definition) is 21. The number of likely N-dealkylation sites (tertiary alicyclic amines) is 1. The number of H-pyrrole nitrogens is 1. The van der Waals surface area contributed by atoms with Gasteiger partial charge in [0.25, 0.3) is 0 Å². The highest BCUT2D eigenvalue weighted by molar-refractivity contribution is 5.99. The summed E-state index contributed by atoms with van der Waals surface area (Å²) in [5.41, 5.74) is 28.5. The summed E-state index contributed by atoms with van der Waals surface area (Å²) in [4.78, 5) is 170. The SMILES string of the molecule is C[C@H](NC(=O)[C@H](CO)NC(=O)[C@@H](N)CCCNC(=N)N)C(=O)N[C@@H](Cc1c[nH]cn1)C(=O)N[C@@H](CCCNC(=N)N)C(=O)N[C@@H](CCC(N)=O)C(=O)N[C@@H](CCC(=O)O)C(=O)N[C@@H](Cc1ccccc1)C(=O)N1CCC[C@H]1C(=O)N[C@@H](CCCCN)C(=O)O. The van der Waals surface area contributed by atoms with Crippen LogP contribution in [0.25, 0.3) is 0 Å². The van der Waals surface area contributed by atoms with Crippen LogP contribution in [0.5, 0.6) is 0 Å². The van der Waals surface area contributed by atoms with Crippen molar-refractivity contribution in [2.75, 3.05) is 32.8 Å². The van der Waals surface area contributed by atoms with Crippen LogP contribution in [-0.4, -0.2) is 206 Å². The molecule has 1 fully saturated rings. The van der Waals surface area contributed by atoms with Crippen LogP contribution < -0.4 is 81.8 Å². The van der Waals surface area contributed by atoms with Gasteiger partial charge in [0.15, 0.2) is 11.9 Å². The fourth-order valence-corrected chi connectivity index (χ4v) is 9.20. The molecular formula is C54H86N20O15. The van der Waals surface area contributed by atoms with E-state index in [0.29, 0.717) is 37.8 Å². The van der Waals surface area contributed by atoms with Crippen LogP contribution in [0.15, 0.2) is 42.9 Å². The smallest absolute Gasteiger partial charge is 0.326 e. The van der Waals surface area contributed by atoms with Gasteiger partial charge in [-0.2, -0.15) is 0 Å². The highest BCUT2D eigenvalue weighted by atomic mass is 16.4. The summed E-state index contributed by atoms with van der Waals surface area (Å²) in [6.07, 6.45) is 1.46. The predicted molar refractivity (Wildman–Crippen MR) is 317 cm³/mol. The van der Waals surface area contributed by atoms with Crippen LogP contribution in [0.2, 0.25) is 0 Å². The fourth-order valence-electron chi connectivity index (χ4n) is 9.20. The third-order valence-electron chi connectivity index (χ3n) is 14.0. The standard InChI is InChI=1S/C54H86N20O15/c1-29(66-49(85)39(27-75)73-44(80)32(56)12-7-21-63-53(58)59)43(79)71-37(25-31-26-62-28-65-31)48(84)67-33(14-8-22-64-54(60)61)45(81)68-34(16-18-41(57)76)46(82)69-35(17-19-42(77)78)47(83)72-38(24-30-10-3-2-4-11-30)51(87)74-23-9-15-40(74)50(86)70-36(52(88)89)13-5-6-20-55/h2-4,10-11,26,28-29,32-40,75H,5-9,12-25,27,55-56H2,1H3,(H2,57,76)(H,62,65)(H,66,85)(H,67,84)(H,68,81)(H,69,82)(H,70,86)(H,71,79)(H,72,83)(H,73,80)(H,77,78)(H,88,89)(H4,58,59,63)(H4,60,61,64)/t29-,32-,33-,34-,35-,36-,37-,38-,39-,40-/m0/s1. The highest BCUT2D eigenvalue weighted by Crippen LogP contribution is 2.21. The normalized spacial score (nSPS) is 15.7. The van der Waals surface area contributed by atoms with Crippen molar-refractivity contribution in [2.45, 2.75) is 164 Å². The number of rotatable bonds is 41. The number of nitrogens with one attached hydrogen (secondary N) is 13. The van der Waals surface area contributed by atoms with Gasteiger partial charge < -0.3 is 107 Å². The first kappa shape index (κ1) is 73.7. The molecule has 1 aromatic carbocycles. The summed E-state index contributed by atoms with van der Waals surface area (Å²) in [5.74, 6) is -13.0. The molecule has 0 radical (unpaired) electrons. The number of aliphatic hydroxyl groups excluding tert-OH is 1. The molecule has 0 saturated carbocycles. The zero-order valence-electron chi connectivity index (χ0n) is 49.5. The van der Waals surface area contributed by atoms with Gasteiger partial charge in [0.1, 0.15) is 54.4 Å². The predicted octanol–water partition coefficient (Wildman–Crippen LogP) is -6.73. The Balaban J connectivity index is 1.92. The number of carboxylic acids is 2. The van der Waals surface area contributed by atoms with Gasteiger partial charge in [0.05, 0.1) is 24.7 Å². The van der Waals surface area contributed by atoms with E-state index in [1.807, 2.05) is 0 Å². The molecule has 10 amide bonds. The number of aromatic nitrogens is 2. The van der Waals surface area contributed by atoms with Gasteiger partial charge in [0, 0.05) is 51.5 Å². The Hall–Kier alpha value is -9.51. The van der Waals surface area contributed by atoms with Gasteiger partial charge in [-0.05, 0) is 89.7 Å². The molecule has 1 aliphatic heterocycles. The quantitative estimate of drug-likeness (QED) is 0.0167. The van der Waals surface area contributed by atoms with Gasteiger partial charge in [-0.25, -0.2) is 9.78 Å². The maximum Gasteiger partial charge on any atom is 0.326 e. The molecule has 492 valence electrons. The lowest BCUT2D eigenvalue weighted by atomic mass is 10.0. The number of amides is 10. The summed E-state index contributed by atoms with van der Waals surface area (Å²) in [6, 6.07) is -6.34. The molecule has 1 saturated heterocycles. The average Bonchev–Trinajstić information content (AvgIpc) is 2.82. The Bertz CT molecular complexity index is 2740. The second-order valence-corrected chi connectivity index (χ2v) is 21.1. The van der Waals surface area contributed by atoms with E-state index < -0.39 is 170 Å². The summed E-state index contributed by atoms with van der Waals surface area (Å²) >= 11 is 0. The molecule has 1 aromatic heterocycles. The molecule has 0 spiro atoms. The number of unbranched alkanes of at least 4 members (excludes halogenated alkanes) is 1. The van der Waals surface area contributed by atoms with Gasteiger partial charge >= 0.3 is 11.9 Å². The van der Waals surface area contributed by atoms with Crippen molar-refractivity contribution < 1.29 is 72.9 Å². The number of primary amides is 1. The lowest BCUT2D eigenvalue weighted by molar-refractivity contribution is -0.145. The molecule has 2 aromatic rings. The first-order valence-electron chi connectivity index (χ1n) is 28.9. The first-order valence-corrected chi connectivity index (χ1v) is 28.9. The molecule has 0 bridgehead atoms. The molecular weight excluding hydrogens is 1170 g/mol. The molecule has 0 unspecified atom stereocenters. The number of carboxylic acid groups (broad SMARTS) is 2. The van der Waals surface area contributed by atoms with Crippen LogP contribution in [0.3, 0.4) is 0 Å². The zero-order chi connectivity index (χ0) is 66.2. The third kappa shape index (κ3) is 27.0. The Morgan fingerprint density at radius 2 is 1.16 bits per heavy atom. The van der Waals surface area contributed by atoms with E-state index >= 15 is 0 Å². The van der Waals surface area contributed by atoms with Crippen LogP contribution in [0.1, 0.15) is 102 Å². The van der Waals surface area contributed by atoms with Crippen LogP contribution >= 0.6 is 0 Å². The topological polar surface area (TPSA) is 596 Å². The molecule has 3 rings (SSSR count). The lowest BCUT2D eigenvalue weighted by Crippen LogP contribution is -2.61. The van der Waals surface area contributed by atoms with Gasteiger partial charge in [-0.1, -0.05) is 30.3 Å². The Morgan fingerprint density at radius 3 is 1.70 bits per heavy atom. The molecule has 35 heteroatoms. The van der Waals surface area contributed by atoms with Crippen molar-refractivity contribution in [1.29, 1.82) is 10.8 Å². The van der Waals surface area contributed by atoms with Gasteiger partial charge in [-0.15, -0.1) is 0 Å². The minimum Gasteiger partial charge on any atom is -0.481 e. The number of hydrogen-bond acceptors (Lipinski definition) is 18. The molecule has 1 aliphatic rings. The maximum absolute atomic E-state index is 14.6. The number of aromatic amines is 1. The van der Waals surface area contributed by atoms with Gasteiger partial charge in [-0.3, -0.25) is 63.6 Å². The van der Waals surface area contributed by atoms with Crippen molar-refractivity contribution in [3.8, 4) is 0 Å². The number of guanidine groups is 2. The van der Waals surface area contributed by atoms with Crippen molar-refractivity contribution in [3.63, 3.8) is 0 Å². The largest absolute Gasteiger partial charge is 0.481 e. The summed E-state index contributed by atoms with van der Waals surface area (Å²) in [5, 5.41) is 69.2. The average molecular weight is 1260 g/mol. The lowest BCUT2D eigenvalue weighted by Gasteiger charge is -2.31. The summed E-state index contributed by atoms with van der Waals surface area (Å²) in [6.45, 7) is 0.867. The molecule has 89 heavy (non-hydrogen) atoms. The fraction of sp³-hybridized carbons (Fsp3) is 0.574. The Labute approximate surface area is 512 Å². The van der Waals surface area contributed by atoms with Crippen LogP contribution in [0.4, 0.5) is 0 Å². The number of carbonyl (C=O) groups excluding carboxylic acids is 10. The molecule has 26 N–H and O–H groups in total. The number of aliphatic hydroxyl groups is 1. The van der Waals surface area contributed by atoms with Gasteiger partial charge in [0.2, 0.25) is 59.1 Å². The molecule has 0 aliphatic carbocycles. The van der Waals surface area contributed by atoms with Crippen molar-refractivity contribution >= 4 is 82.9 Å². The van der Waals surface area contributed by atoms with E-state index in [0.717, 1.165) is 0 Å². The number of imidazole rings is 1. The zero-order valence-corrected chi connectivity index (χ0v) is 49.5. The van der Waals surface area contributed by atoms with Crippen molar-refractivity contribution in [2.24, 2.45) is 28.7 Å². The Kier molecular flexibility index (Phi) is 32.0. The maximum atomic E-state index is 14.6. The molecule has 35 nitrogen and oxygen atoms in total. The van der Waals surface area contributed by atoms with Crippen LogP contribution in [0, 0.1) is 10.8 Å². The minimum absolute atomic E-state index is 0.0152. The van der Waals surface area contributed by atoms with Crippen LogP contribution in [-0.2, 0) is 70.4 Å². The van der Waals surface area contributed by atoms with Crippen molar-refractivity contribution in [1.82, 2.24) is 68.0 Å². The summed E-state index contributed by atoms with van der Waals surface area (Å²) in [7, 11) is 0. The second-order valence-electron chi connectivity index (χ2n) is 21.1. The third-order valence-corrected chi connectivity index (χ3v) is 14.0. The van der Waals surface area contributed by atoms with E-state index in [9.17, 15) is 72.9 Å². The monoisotopic (exact) mass is 1250 g/mol.